The van der Waals surface area contributed by atoms with E-state index < -0.39 is 23.9 Å². The van der Waals surface area contributed by atoms with Crippen LogP contribution in [0.1, 0.15) is 34.1 Å². The minimum absolute atomic E-state index is 0.0458. The van der Waals surface area contributed by atoms with Gasteiger partial charge in [-0.25, -0.2) is 14.6 Å². The molecule has 1 unspecified atom stereocenters. The molecular weight excluding hydrogens is 374 g/mol. The average molecular weight is 393 g/mol. The Kier molecular flexibility index (Phi) is 6.03. The number of carbonyl (C=O) groups excluding carboxylic acids is 2. The number of rotatable bonds is 7. The monoisotopic (exact) mass is 393 g/mol. The summed E-state index contributed by atoms with van der Waals surface area (Å²) in [5.41, 5.74) is 1.48. The molecule has 148 valence electrons. The zero-order valence-electron chi connectivity index (χ0n) is 15.6. The van der Waals surface area contributed by atoms with E-state index in [9.17, 15) is 14.4 Å². The average Bonchev–Trinajstić information content (AvgIpc) is 3.27. The van der Waals surface area contributed by atoms with Crippen LogP contribution in [0.4, 0.5) is 5.69 Å². The number of benzene rings is 2. The van der Waals surface area contributed by atoms with Gasteiger partial charge in [0.15, 0.2) is 6.10 Å². The van der Waals surface area contributed by atoms with Crippen LogP contribution in [0.2, 0.25) is 0 Å². The van der Waals surface area contributed by atoms with Crippen molar-refractivity contribution in [3.05, 3.63) is 72.1 Å². The molecule has 1 heterocycles. The first-order valence-electron chi connectivity index (χ1n) is 8.93. The van der Waals surface area contributed by atoms with Crippen molar-refractivity contribution in [2.24, 2.45) is 0 Å². The summed E-state index contributed by atoms with van der Waals surface area (Å²) in [6, 6.07) is 12.5. The number of hydrogen-bond donors (Lipinski definition) is 3. The molecule has 0 radical (unpaired) electrons. The van der Waals surface area contributed by atoms with Gasteiger partial charge in [0.25, 0.3) is 5.91 Å². The molecule has 1 amide bonds. The third-order valence-corrected chi connectivity index (χ3v) is 4.18. The van der Waals surface area contributed by atoms with Crippen molar-refractivity contribution in [3.63, 3.8) is 0 Å². The number of carboxylic acids is 1. The molecule has 0 saturated carbocycles. The fourth-order valence-corrected chi connectivity index (χ4v) is 2.66. The third-order valence-electron chi connectivity index (χ3n) is 4.18. The van der Waals surface area contributed by atoms with Crippen molar-refractivity contribution in [1.82, 2.24) is 9.97 Å². The first-order valence-corrected chi connectivity index (χ1v) is 8.93. The molecule has 2 aromatic carbocycles. The number of aromatic nitrogens is 2. The fraction of sp³-hybridized carbons (Fsp3) is 0.143. The Bertz CT molecular complexity index is 1010. The minimum atomic E-state index is -1.10. The van der Waals surface area contributed by atoms with Gasteiger partial charge in [-0.3, -0.25) is 4.79 Å². The van der Waals surface area contributed by atoms with Crippen LogP contribution >= 0.6 is 0 Å². The van der Waals surface area contributed by atoms with Crippen LogP contribution in [0.15, 0.2) is 60.9 Å². The molecule has 0 bridgehead atoms. The number of carbonyl (C=O) groups is 3. The highest BCUT2D eigenvalue weighted by atomic mass is 16.5. The summed E-state index contributed by atoms with van der Waals surface area (Å²) < 4.78 is 5.34. The molecule has 29 heavy (non-hydrogen) atoms. The largest absolute Gasteiger partial charge is 0.478 e. The first kappa shape index (κ1) is 19.8. The Labute approximate surface area is 166 Å². The van der Waals surface area contributed by atoms with Gasteiger partial charge in [0.1, 0.15) is 5.82 Å². The summed E-state index contributed by atoms with van der Waals surface area (Å²) >= 11 is 0. The van der Waals surface area contributed by atoms with Crippen molar-refractivity contribution in [1.29, 1.82) is 0 Å². The summed E-state index contributed by atoms with van der Waals surface area (Å²) in [4.78, 5) is 43.0. The lowest BCUT2D eigenvalue weighted by Crippen LogP contribution is -2.32. The summed E-state index contributed by atoms with van der Waals surface area (Å²) in [6.07, 6.45) is 2.59. The van der Waals surface area contributed by atoms with E-state index in [-0.39, 0.29) is 12.0 Å². The number of esters is 1. The highest BCUT2D eigenvalue weighted by Gasteiger charge is 2.22. The number of aromatic amines is 1. The number of nitrogens with one attached hydrogen (secondary N) is 2. The topological polar surface area (TPSA) is 121 Å². The van der Waals surface area contributed by atoms with Crippen LogP contribution in [0.25, 0.3) is 11.4 Å². The maximum Gasteiger partial charge on any atom is 0.338 e. The molecule has 0 aliphatic carbocycles. The molecule has 3 N–H and O–H groups in total. The van der Waals surface area contributed by atoms with Crippen molar-refractivity contribution in [2.75, 3.05) is 5.32 Å². The van der Waals surface area contributed by atoms with Gasteiger partial charge in [-0.05, 0) is 36.8 Å². The van der Waals surface area contributed by atoms with Crippen LogP contribution in [0, 0.1) is 0 Å². The quantitative estimate of drug-likeness (QED) is 0.529. The molecule has 8 nitrogen and oxygen atoms in total. The maximum atomic E-state index is 12.5. The summed E-state index contributed by atoms with van der Waals surface area (Å²) in [5, 5.41) is 11.6. The lowest BCUT2D eigenvalue weighted by atomic mass is 10.1. The van der Waals surface area contributed by atoms with Crippen molar-refractivity contribution in [2.45, 2.75) is 19.4 Å². The van der Waals surface area contributed by atoms with E-state index in [4.69, 9.17) is 9.84 Å². The number of hydrogen-bond acceptors (Lipinski definition) is 5. The van der Waals surface area contributed by atoms with E-state index in [0.29, 0.717) is 17.1 Å². The molecule has 8 heteroatoms. The predicted molar refractivity (Wildman–Crippen MR) is 106 cm³/mol. The Hall–Kier alpha value is -3.94. The maximum absolute atomic E-state index is 12.5. The minimum Gasteiger partial charge on any atom is -0.478 e. The van der Waals surface area contributed by atoms with Gasteiger partial charge in [-0.1, -0.05) is 25.1 Å². The van der Waals surface area contributed by atoms with E-state index in [0.717, 1.165) is 5.56 Å². The Morgan fingerprint density at radius 2 is 1.90 bits per heavy atom. The van der Waals surface area contributed by atoms with E-state index in [1.807, 2.05) is 0 Å². The zero-order valence-corrected chi connectivity index (χ0v) is 15.6. The van der Waals surface area contributed by atoms with Crippen LogP contribution in [0.5, 0.6) is 0 Å². The fourth-order valence-electron chi connectivity index (χ4n) is 2.66. The molecule has 3 aromatic rings. The zero-order chi connectivity index (χ0) is 20.8. The molecule has 0 fully saturated rings. The predicted octanol–water partition coefficient (Wildman–Crippen LogP) is 3.35. The van der Waals surface area contributed by atoms with Gasteiger partial charge in [-0.15, -0.1) is 0 Å². The Morgan fingerprint density at radius 3 is 2.52 bits per heavy atom. The highest BCUT2D eigenvalue weighted by Crippen LogP contribution is 2.17. The molecule has 0 saturated heterocycles. The molecule has 3 rings (SSSR count). The Morgan fingerprint density at radius 1 is 1.14 bits per heavy atom. The summed E-state index contributed by atoms with van der Waals surface area (Å²) in [5.74, 6) is -1.58. The van der Waals surface area contributed by atoms with Gasteiger partial charge in [0, 0.05) is 23.6 Å². The molecule has 1 aromatic heterocycles. The summed E-state index contributed by atoms with van der Waals surface area (Å²) in [7, 11) is 0. The van der Waals surface area contributed by atoms with E-state index >= 15 is 0 Å². The number of nitrogens with zero attached hydrogens (tertiary/aromatic N) is 1. The van der Waals surface area contributed by atoms with E-state index in [1.165, 1.54) is 18.2 Å². The molecule has 0 aliphatic heterocycles. The van der Waals surface area contributed by atoms with Gasteiger partial charge >= 0.3 is 11.9 Å². The second kappa shape index (κ2) is 8.83. The number of aromatic carboxylic acids is 1. The SMILES string of the molecule is CCC(OC(=O)c1ccc(-c2ncc[nH]2)cc1)C(=O)Nc1cccc(C(=O)O)c1. The number of carboxylic acid groups (broad SMARTS) is 1. The molecular formula is C21H19N3O5. The van der Waals surface area contributed by atoms with Crippen LogP contribution in [0.3, 0.4) is 0 Å². The first-order chi connectivity index (χ1) is 14.0. The van der Waals surface area contributed by atoms with Crippen molar-refractivity contribution >= 4 is 23.5 Å². The second-order valence-electron chi connectivity index (χ2n) is 6.19. The number of imidazole rings is 1. The standard InChI is InChI=1S/C21H19N3O5/c1-2-17(19(25)24-16-5-3-4-15(12-16)20(26)27)29-21(28)14-8-6-13(7-9-14)18-22-10-11-23-18/h3-12,17H,2H2,1H3,(H,22,23)(H,24,25)(H,26,27). The lowest BCUT2D eigenvalue weighted by Gasteiger charge is -2.16. The van der Waals surface area contributed by atoms with E-state index in [1.54, 1.807) is 49.6 Å². The Balaban J connectivity index is 1.65. The number of anilines is 1. The van der Waals surface area contributed by atoms with Gasteiger partial charge < -0.3 is 20.1 Å². The van der Waals surface area contributed by atoms with Crippen molar-refractivity contribution < 1.29 is 24.2 Å². The van der Waals surface area contributed by atoms with Crippen molar-refractivity contribution in [3.8, 4) is 11.4 Å². The molecule has 1 atom stereocenters. The second-order valence-corrected chi connectivity index (χ2v) is 6.19. The smallest absolute Gasteiger partial charge is 0.338 e. The number of amides is 1. The third kappa shape index (κ3) is 4.86. The molecule has 0 aliphatic rings. The molecule has 0 spiro atoms. The highest BCUT2D eigenvalue weighted by molar-refractivity contribution is 5.98. The lowest BCUT2D eigenvalue weighted by molar-refractivity contribution is -0.124. The van der Waals surface area contributed by atoms with Gasteiger partial charge in [0.05, 0.1) is 11.1 Å². The number of H-pyrrole nitrogens is 1. The van der Waals surface area contributed by atoms with Crippen LogP contribution < -0.4 is 5.32 Å². The number of ether oxygens (including phenoxy) is 1. The van der Waals surface area contributed by atoms with Gasteiger partial charge in [-0.2, -0.15) is 0 Å². The van der Waals surface area contributed by atoms with Crippen LogP contribution in [-0.2, 0) is 9.53 Å². The van der Waals surface area contributed by atoms with Gasteiger partial charge in [0.2, 0.25) is 0 Å². The summed E-state index contributed by atoms with van der Waals surface area (Å²) in [6.45, 7) is 1.71. The van der Waals surface area contributed by atoms with E-state index in [2.05, 4.69) is 15.3 Å². The van der Waals surface area contributed by atoms with Crippen LogP contribution in [-0.4, -0.2) is 39.0 Å². The normalized spacial score (nSPS) is 11.5.